The molecular weight excluding hydrogens is 166 g/mol. The molecule has 0 amide bonds. The van der Waals surface area contributed by atoms with Crippen LogP contribution in [0.4, 0.5) is 0 Å². The number of Topliss-reactive ketones (excluding diaryl/α,β-unsaturated/α-hetero) is 1. The average Bonchev–Trinajstić information content (AvgIpc) is 2.15. The number of carbonyl (C=O) groups is 1. The van der Waals surface area contributed by atoms with E-state index in [4.69, 9.17) is 4.74 Å². The molecule has 3 nitrogen and oxygen atoms in total. The summed E-state index contributed by atoms with van der Waals surface area (Å²) < 4.78 is 4.93. The second-order valence-corrected chi connectivity index (χ2v) is 2.80. The Morgan fingerprint density at radius 3 is 3.00 bits per heavy atom. The average molecular weight is 179 g/mol. The van der Waals surface area contributed by atoms with Crippen molar-refractivity contribution < 1.29 is 9.53 Å². The number of ether oxygens (including phenoxy) is 1. The van der Waals surface area contributed by atoms with Crippen molar-refractivity contribution in [2.24, 2.45) is 0 Å². The van der Waals surface area contributed by atoms with Crippen molar-refractivity contribution in [1.82, 2.24) is 4.98 Å². The van der Waals surface area contributed by atoms with E-state index in [-0.39, 0.29) is 5.78 Å². The number of ketones is 1. The molecule has 0 atom stereocenters. The molecule has 0 saturated carbocycles. The van der Waals surface area contributed by atoms with Crippen LogP contribution >= 0.6 is 0 Å². The molecule has 0 spiro atoms. The van der Waals surface area contributed by atoms with E-state index in [0.29, 0.717) is 18.6 Å². The summed E-state index contributed by atoms with van der Waals surface area (Å²) in [5.41, 5.74) is 1.51. The Balaban J connectivity index is 2.84. The first-order chi connectivity index (χ1) is 6.25. The fraction of sp³-hybridized carbons (Fsp3) is 0.400. The van der Waals surface area contributed by atoms with Gasteiger partial charge >= 0.3 is 0 Å². The van der Waals surface area contributed by atoms with Crippen molar-refractivity contribution in [3.8, 4) is 0 Å². The molecule has 70 valence electrons. The predicted molar refractivity (Wildman–Crippen MR) is 49.8 cm³/mol. The largest absolute Gasteiger partial charge is 0.384 e. The van der Waals surface area contributed by atoms with E-state index in [2.05, 4.69) is 4.98 Å². The van der Waals surface area contributed by atoms with Crippen molar-refractivity contribution in [1.29, 1.82) is 0 Å². The Morgan fingerprint density at radius 1 is 1.62 bits per heavy atom. The third-order valence-corrected chi connectivity index (χ3v) is 1.81. The Morgan fingerprint density at radius 2 is 2.38 bits per heavy atom. The summed E-state index contributed by atoms with van der Waals surface area (Å²) in [4.78, 5) is 15.3. The monoisotopic (exact) mass is 179 g/mol. The summed E-state index contributed by atoms with van der Waals surface area (Å²) in [5.74, 6) is 0.0548. The number of nitrogens with zero attached hydrogens (tertiary/aromatic N) is 1. The SMILES string of the molecule is COCCc1ncccc1C(C)=O. The zero-order valence-electron chi connectivity index (χ0n) is 7.91. The Labute approximate surface area is 77.8 Å². The molecule has 1 rings (SSSR count). The summed E-state index contributed by atoms with van der Waals surface area (Å²) in [6.07, 6.45) is 2.38. The fourth-order valence-corrected chi connectivity index (χ4v) is 1.16. The van der Waals surface area contributed by atoms with Gasteiger partial charge < -0.3 is 4.74 Å². The van der Waals surface area contributed by atoms with Crippen molar-refractivity contribution in [2.45, 2.75) is 13.3 Å². The molecule has 1 aromatic heterocycles. The number of hydrogen-bond acceptors (Lipinski definition) is 3. The van der Waals surface area contributed by atoms with Crippen molar-refractivity contribution >= 4 is 5.78 Å². The Kier molecular flexibility index (Phi) is 3.58. The van der Waals surface area contributed by atoms with Gasteiger partial charge in [0.1, 0.15) is 0 Å². The van der Waals surface area contributed by atoms with Gasteiger partial charge in [-0.1, -0.05) is 0 Å². The number of rotatable bonds is 4. The molecule has 13 heavy (non-hydrogen) atoms. The first kappa shape index (κ1) is 9.86. The van der Waals surface area contributed by atoms with Gasteiger partial charge in [0.2, 0.25) is 0 Å². The molecule has 3 heteroatoms. The van der Waals surface area contributed by atoms with E-state index in [1.54, 1.807) is 32.4 Å². The quantitative estimate of drug-likeness (QED) is 0.657. The van der Waals surface area contributed by atoms with Gasteiger partial charge in [0, 0.05) is 25.3 Å². The molecule has 0 unspecified atom stereocenters. The molecule has 0 aliphatic rings. The third-order valence-electron chi connectivity index (χ3n) is 1.81. The van der Waals surface area contributed by atoms with Gasteiger partial charge in [-0.25, -0.2) is 0 Å². The van der Waals surface area contributed by atoms with Crippen LogP contribution < -0.4 is 0 Å². The van der Waals surface area contributed by atoms with Gasteiger partial charge in [0.05, 0.1) is 12.3 Å². The normalized spacial score (nSPS) is 10.0. The number of carbonyl (C=O) groups excluding carboxylic acids is 1. The van der Waals surface area contributed by atoms with Crippen LogP contribution in [-0.4, -0.2) is 24.5 Å². The second-order valence-electron chi connectivity index (χ2n) is 2.80. The molecule has 0 radical (unpaired) electrons. The van der Waals surface area contributed by atoms with Crippen LogP contribution in [0.15, 0.2) is 18.3 Å². The maximum Gasteiger partial charge on any atom is 0.161 e. The van der Waals surface area contributed by atoms with E-state index >= 15 is 0 Å². The smallest absolute Gasteiger partial charge is 0.161 e. The first-order valence-electron chi connectivity index (χ1n) is 4.19. The second kappa shape index (κ2) is 4.72. The van der Waals surface area contributed by atoms with Crippen LogP contribution in [0.1, 0.15) is 23.0 Å². The molecule has 0 aromatic carbocycles. The Bertz CT molecular complexity index is 297. The topological polar surface area (TPSA) is 39.2 Å². The van der Waals surface area contributed by atoms with E-state index in [1.165, 1.54) is 0 Å². The highest BCUT2D eigenvalue weighted by molar-refractivity contribution is 5.95. The van der Waals surface area contributed by atoms with Gasteiger partial charge in [-0.2, -0.15) is 0 Å². The van der Waals surface area contributed by atoms with Crippen LogP contribution in [-0.2, 0) is 11.2 Å². The van der Waals surface area contributed by atoms with Crippen molar-refractivity contribution in [3.63, 3.8) is 0 Å². The van der Waals surface area contributed by atoms with E-state index in [1.807, 2.05) is 0 Å². The van der Waals surface area contributed by atoms with Gasteiger partial charge in [0.25, 0.3) is 0 Å². The van der Waals surface area contributed by atoms with Gasteiger partial charge in [-0.15, -0.1) is 0 Å². The number of pyridine rings is 1. The lowest BCUT2D eigenvalue weighted by Crippen LogP contribution is -2.05. The summed E-state index contributed by atoms with van der Waals surface area (Å²) in [6, 6.07) is 3.56. The minimum Gasteiger partial charge on any atom is -0.384 e. The zero-order valence-corrected chi connectivity index (χ0v) is 7.91. The van der Waals surface area contributed by atoms with Crippen LogP contribution in [0.5, 0.6) is 0 Å². The van der Waals surface area contributed by atoms with E-state index < -0.39 is 0 Å². The highest BCUT2D eigenvalue weighted by Crippen LogP contribution is 2.06. The maximum absolute atomic E-state index is 11.1. The van der Waals surface area contributed by atoms with Crippen LogP contribution in [0.25, 0.3) is 0 Å². The lowest BCUT2D eigenvalue weighted by atomic mass is 10.1. The molecule has 0 N–H and O–H groups in total. The molecule has 0 aliphatic carbocycles. The van der Waals surface area contributed by atoms with Gasteiger partial charge in [-0.05, 0) is 19.1 Å². The highest BCUT2D eigenvalue weighted by Gasteiger charge is 2.06. The molecular formula is C10H13NO2. The molecule has 1 aromatic rings. The molecule has 1 heterocycles. The lowest BCUT2D eigenvalue weighted by molar-refractivity contribution is 0.101. The molecule has 0 fully saturated rings. The lowest BCUT2D eigenvalue weighted by Gasteiger charge is -2.03. The van der Waals surface area contributed by atoms with E-state index in [9.17, 15) is 4.79 Å². The zero-order chi connectivity index (χ0) is 9.68. The third kappa shape index (κ3) is 2.63. The van der Waals surface area contributed by atoms with Crippen LogP contribution in [0.3, 0.4) is 0 Å². The number of methoxy groups -OCH3 is 1. The minimum atomic E-state index is 0.0548. The summed E-state index contributed by atoms with van der Waals surface area (Å²) in [7, 11) is 1.64. The van der Waals surface area contributed by atoms with Crippen LogP contribution in [0.2, 0.25) is 0 Å². The maximum atomic E-state index is 11.1. The molecule has 0 bridgehead atoms. The number of hydrogen-bond donors (Lipinski definition) is 0. The van der Waals surface area contributed by atoms with Crippen LogP contribution in [0, 0.1) is 0 Å². The summed E-state index contributed by atoms with van der Waals surface area (Å²) in [6.45, 7) is 2.14. The summed E-state index contributed by atoms with van der Waals surface area (Å²) >= 11 is 0. The Hall–Kier alpha value is -1.22. The van der Waals surface area contributed by atoms with Crippen molar-refractivity contribution in [2.75, 3.05) is 13.7 Å². The summed E-state index contributed by atoms with van der Waals surface area (Å²) in [5, 5.41) is 0. The standard InChI is InChI=1S/C10H13NO2/c1-8(12)9-4-3-6-11-10(9)5-7-13-2/h3-4,6H,5,7H2,1-2H3. The van der Waals surface area contributed by atoms with E-state index in [0.717, 1.165) is 5.69 Å². The first-order valence-corrected chi connectivity index (χ1v) is 4.19. The van der Waals surface area contributed by atoms with Gasteiger partial charge in [0.15, 0.2) is 5.78 Å². The van der Waals surface area contributed by atoms with Crippen molar-refractivity contribution in [3.05, 3.63) is 29.6 Å². The molecule has 0 aliphatic heterocycles. The highest BCUT2D eigenvalue weighted by atomic mass is 16.5. The fourth-order valence-electron chi connectivity index (χ4n) is 1.16. The number of aromatic nitrogens is 1. The predicted octanol–water partition coefficient (Wildman–Crippen LogP) is 1.47. The molecule has 0 saturated heterocycles. The minimum absolute atomic E-state index is 0.0548. The van der Waals surface area contributed by atoms with Gasteiger partial charge in [-0.3, -0.25) is 9.78 Å².